The summed E-state index contributed by atoms with van der Waals surface area (Å²) in [5, 5.41) is 0.538. The summed E-state index contributed by atoms with van der Waals surface area (Å²) in [4.78, 5) is 25.2. The Labute approximate surface area is 117 Å². The van der Waals surface area contributed by atoms with Crippen molar-refractivity contribution in [2.45, 2.75) is 20.3 Å². The summed E-state index contributed by atoms with van der Waals surface area (Å²) < 4.78 is 4.70. The van der Waals surface area contributed by atoms with Gasteiger partial charge in [-0.25, -0.2) is 0 Å². The molecule has 0 bridgehead atoms. The normalized spacial score (nSPS) is 18.8. The van der Waals surface area contributed by atoms with Gasteiger partial charge in [-0.1, -0.05) is 17.7 Å². The zero-order valence-electron chi connectivity index (χ0n) is 11.2. The van der Waals surface area contributed by atoms with Crippen molar-refractivity contribution in [1.29, 1.82) is 0 Å². The Balaban J connectivity index is 2.33. The number of hydrogen-bond acceptors (Lipinski definition) is 3. The fourth-order valence-electron chi connectivity index (χ4n) is 2.50. The minimum atomic E-state index is -0.408. The molecule has 0 aliphatic carbocycles. The van der Waals surface area contributed by atoms with E-state index >= 15 is 0 Å². The minimum absolute atomic E-state index is 0.0933. The number of halogens is 1. The Morgan fingerprint density at radius 1 is 1.42 bits per heavy atom. The van der Waals surface area contributed by atoms with Crippen molar-refractivity contribution < 1.29 is 14.3 Å². The highest BCUT2D eigenvalue weighted by Gasteiger charge is 2.37. The maximum Gasteiger partial charge on any atom is 0.311 e. The Bertz CT molecular complexity index is 518. The zero-order valence-corrected chi connectivity index (χ0v) is 12.0. The molecule has 1 atom stereocenters. The average molecular weight is 282 g/mol. The molecular formula is C14H16ClNO3. The molecule has 2 rings (SSSR count). The summed E-state index contributed by atoms with van der Waals surface area (Å²) in [6, 6.07) is 3.79. The molecule has 0 spiro atoms. The fraction of sp³-hybridized carbons (Fsp3) is 0.429. The third-order valence-corrected chi connectivity index (χ3v) is 3.62. The van der Waals surface area contributed by atoms with Crippen LogP contribution in [0, 0.1) is 19.8 Å². The van der Waals surface area contributed by atoms with Crippen molar-refractivity contribution in [2.75, 3.05) is 18.6 Å². The second-order valence-corrected chi connectivity index (χ2v) is 5.25. The van der Waals surface area contributed by atoms with E-state index in [4.69, 9.17) is 16.3 Å². The first kappa shape index (κ1) is 13.9. The van der Waals surface area contributed by atoms with E-state index in [-0.39, 0.29) is 18.3 Å². The van der Waals surface area contributed by atoms with Gasteiger partial charge in [-0.3, -0.25) is 9.59 Å². The van der Waals surface area contributed by atoms with Crippen LogP contribution in [0.25, 0.3) is 0 Å². The molecule has 19 heavy (non-hydrogen) atoms. The van der Waals surface area contributed by atoms with Crippen molar-refractivity contribution in [3.63, 3.8) is 0 Å². The highest BCUT2D eigenvalue weighted by atomic mass is 35.5. The Kier molecular flexibility index (Phi) is 3.80. The third-order valence-electron chi connectivity index (χ3n) is 3.33. The molecule has 1 amide bonds. The lowest BCUT2D eigenvalue weighted by atomic mass is 10.1. The van der Waals surface area contributed by atoms with Gasteiger partial charge in [0, 0.05) is 13.0 Å². The van der Waals surface area contributed by atoms with E-state index in [1.165, 1.54) is 7.11 Å². The molecule has 1 heterocycles. The molecule has 1 aromatic rings. The molecule has 0 aromatic heterocycles. The first-order valence-electron chi connectivity index (χ1n) is 6.09. The molecule has 1 fully saturated rings. The zero-order chi connectivity index (χ0) is 14.2. The Hall–Kier alpha value is -1.55. The summed E-state index contributed by atoms with van der Waals surface area (Å²) in [6.07, 6.45) is 0.177. The number of ether oxygens (including phenoxy) is 1. The molecule has 0 radical (unpaired) electrons. The van der Waals surface area contributed by atoms with Gasteiger partial charge in [-0.2, -0.15) is 0 Å². The van der Waals surface area contributed by atoms with Crippen molar-refractivity contribution in [3.05, 3.63) is 28.3 Å². The van der Waals surface area contributed by atoms with Crippen LogP contribution in [0.4, 0.5) is 5.69 Å². The minimum Gasteiger partial charge on any atom is -0.469 e. The molecule has 1 aliphatic heterocycles. The number of anilines is 1. The number of benzene rings is 1. The van der Waals surface area contributed by atoms with Gasteiger partial charge >= 0.3 is 5.97 Å². The number of amides is 1. The van der Waals surface area contributed by atoms with Crippen molar-refractivity contribution >= 4 is 29.2 Å². The average Bonchev–Trinajstić information content (AvgIpc) is 2.69. The van der Waals surface area contributed by atoms with Crippen LogP contribution < -0.4 is 4.90 Å². The molecule has 0 N–H and O–H groups in total. The van der Waals surface area contributed by atoms with Gasteiger partial charge in [0.2, 0.25) is 5.91 Å². The number of carbonyl (C=O) groups excluding carboxylic acids is 2. The van der Waals surface area contributed by atoms with Crippen LogP contribution in [0.3, 0.4) is 0 Å². The molecule has 0 saturated carbocycles. The smallest absolute Gasteiger partial charge is 0.311 e. The van der Waals surface area contributed by atoms with E-state index in [2.05, 4.69) is 0 Å². The van der Waals surface area contributed by atoms with Gasteiger partial charge in [0.25, 0.3) is 0 Å². The lowest BCUT2D eigenvalue weighted by Crippen LogP contribution is -2.27. The number of rotatable bonds is 2. The van der Waals surface area contributed by atoms with Gasteiger partial charge in [0.05, 0.1) is 23.7 Å². The summed E-state index contributed by atoms with van der Waals surface area (Å²) in [6.45, 7) is 4.19. The molecule has 102 valence electrons. The van der Waals surface area contributed by atoms with Crippen LogP contribution >= 0.6 is 11.6 Å². The molecule has 4 nitrogen and oxygen atoms in total. The van der Waals surface area contributed by atoms with Crippen molar-refractivity contribution in [3.8, 4) is 0 Å². The van der Waals surface area contributed by atoms with Crippen LogP contribution in [0.5, 0.6) is 0 Å². The molecule has 1 aliphatic rings. The summed E-state index contributed by atoms with van der Waals surface area (Å²) in [5.74, 6) is -0.852. The molecule has 1 aromatic carbocycles. The summed E-state index contributed by atoms with van der Waals surface area (Å²) in [5.41, 5.74) is 2.68. The monoisotopic (exact) mass is 281 g/mol. The summed E-state index contributed by atoms with van der Waals surface area (Å²) >= 11 is 6.23. The first-order valence-corrected chi connectivity index (χ1v) is 6.46. The van der Waals surface area contributed by atoms with Gasteiger partial charge in [0.15, 0.2) is 0 Å². The predicted octanol–water partition coefficient (Wildman–Crippen LogP) is 2.48. The largest absolute Gasteiger partial charge is 0.469 e. The van der Waals surface area contributed by atoms with E-state index in [1.807, 2.05) is 26.0 Å². The van der Waals surface area contributed by atoms with Gasteiger partial charge in [0.1, 0.15) is 0 Å². The van der Waals surface area contributed by atoms with Crippen molar-refractivity contribution in [2.24, 2.45) is 5.92 Å². The quantitative estimate of drug-likeness (QED) is 0.783. The highest BCUT2D eigenvalue weighted by molar-refractivity contribution is 6.34. The Morgan fingerprint density at radius 3 is 2.68 bits per heavy atom. The number of esters is 1. The van der Waals surface area contributed by atoms with E-state index in [9.17, 15) is 9.59 Å². The van der Waals surface area contributed by atoms with E-state index < -0.39 is 5.92 Å². The van der Waals surface area contributed by atoms with Crippen LogP contribution in [-0.2, 0) is 14.3 Å². The Morgan fingerprint density at radius 2 is 2.11 bits per heavy atom. The molecule has 1 saturated heterocycles. The van der Waals surface area contributed by atoms with E-state index in [1.54, 1.807) is 4.90 Å². The SMILES string of the molecule is COC(=O)C1CC(=O)N(c2c(C)cc(C)cc2Cl)C1. The molecule has 1 unspecified atom stereocenters. The number of hydrogen-bond donors (Lipinski definition) is 0. The van der Waals surface area contributed by atoms with E-state index in [0.29, 0.717) is 17.3 Å². The number of aryl methyl sites for hydroxylation is 2. The van der Waals surface area contributed by atoms with Crippen LogP contribution in [0.2, 0.25) is 5.02 Å². The lowest BCUT2D eigenvalue weighted by molar-refractivity contribution is -0.145. The lowest BCUT2D eigenvalue weighted by Gasteiger charge is -2.21. The third kappa shape index (κ3) is 2.59. The maximum atomic E-state index is 12.1. The number of methoxy groups -OCH3 is 1. The van der Waals surface area contributed by atoms with Gasteiger partial charge in [-0.15, -0.1) is 0 Å². The second kappa shape index (κ2) is 5.21. The topological polar surface area (TPSA) is 46.6 Å². The second-order valence-electron chi connectivity index (χ2n) is 4.84. The fourth-order valence-corrected chi connectivity index (χ4v) is 2.92. The molecular weight excluding hydrogens is 266 g/mol. The van der Waals surface area contributed by atoms with Crippen molar-refractivity contribution in [1.82, 2.24) is 0 Å². The maximum absolute atomic E-state index is 12.1. The summed E-state index contributed by atoms with van der Waals surface area (Å²) in [7, 11) is 1.33. The number of carbonyl (C=O) groups is 2. The standard InChI is InChI=1S/C14H16ClNO3/c1-8-4-9(2)13(11(15)5-8)16-7-10(6-12(16)17)14(18)19-3/h4-5,10H,6-7H2,1-3H3. The van der Waals surface area contributed by atoms with Crippen LogP contribution in [0.1, 0.15) is 17.5 Å². The molecule has 5 heteroatoms. The first-order chi connectivity index (χ1) is 8.93. The van der Waals surface area contributed by atoms with E-state index in [0.717, 1.165) is 11.1 Å². The predicted molar refractivity (Wildman–Crippen MR) is 73.4 cm³/mol. The van der Waals surface area contributed by atoms with Gasteiger partial charge < -0.3 is 9.64 Å². The van der Waals surface area contributed by atoms with Crippen LogP contribution in [-0.4, -0.2) is 25.5 Å². The van der Waals surface area contributed by atoms with Gasteiger partial charge in [-0.05, 0) is 31.0 Å². The number of nitrogens with zero attached hydrogens (tertiary/aromatic N) is 1. The highest BCUT2D eigenvalue weighted by Crippen LogP contribution is 2.35. The van der Waals surface area contributed by atoms with Crippen LogP contribution in [0.15, 0.2) is 12.1 Å².